The van der Waals surface area contributed by atoms with E-state index in [9.17, 15) is 21.6 Å². The maximum atomic E-state index is 12.6. The smallest absolute Gasteiger partial charge is 0.420 e. The van der Waals surface area contributed by atoms with Crippen LogP contribution >= 0.6 is 26.6 Å². The number of ether oxygens (including phenoxy) is 1. The van der Waals surface area contributed by atoms with Crippen molar-refractivity contribution in [3.63, 3.8) is 0 Å². The average Bonchev–Trinajstić information content (AvgIpc) is 2.14. The van der Waals surface area contributed by atoms with Crippen LogP contribution in [0.2, 0.25) is 0 Å². The van der Waals surface area contributed by atoms with Gasteiger partial charge in [0.05, 0.1) is 12.7 Å². The van der Waals surface area contributed by atoms with Gasteiger partial charge in [0, 0.05) is 21.2 Å². The largest absolute Gasteiger partial charge is 0.496 e. The van der Waals surface area contributed by atoms with Crippen LogP contribution in [0.25, 0.3) is 0 Å². The summed E-state index contributed by atoms with van der Waals surface area (Å²) in [5.74, 6) is -0.611. The Labute approximate surface area is 108 Å². The van der Waals surface area contributed by atoms with Gasteiger partial charge >= 0.3 is 6.18 Å². The van der Waals surface area contributed by atoms with Crippen molar-refractivity contribution in [1.82, 2.24) is 0 Å². The zero-order valence-corrected chi connectivity index (χ0v) is 11.3. The van der Waals surface area contributed by atoms with Crippen molar-refractivity contribution < 1.29 is 26.3 Å². The van der Waals surface area contributed by atoms with Crippen LogP contribution in [-0.2, 0) is 15.2 Å². The van der Waals surface area contributed by atoms with E-state index in [0.717, 1.165) is 13.2 Å². The number of alkyl halides is 3. The van der Waals surface area contributed by atoms with Crippen LogP contribution in [0, 0.1) is 0 Å². The standard InChI is InChI=1S/C8H5BrClF3O3S/c1-16-6-3-7(17(10,14)15)5(9)2-4(6)8(11,12)13/h2-3H,1H3. The highest BCUT2D eigenvalue weighted by molar-refractivity contribution is 9.10. The topological polar surface area (TPSA) is 43.4 Å². The zero-order valence-electron chi connectivity index (χ0n) is 8.18. The van der Waals surface area contributed by atoms with Gasteiger partial charge in [0.25, 0.3) is 9.05 Å². The molecule has 0 fully saturated rings. The number of methoxy groups -OCH3 is 1. The van der Waals surface area contributed by atoms with Gasteiger partial charge in [0.15, 0.2) is 0 Å². The number of benzene rings is 1. The minimum Gasteiger partial charge on any atom is -0.496 e. The molecule has 0 aromatic heterocycles. The van der Waals surface area contributed by atoms with Gasteiger partial charge in [-0.3, -0.25) is 0 Å². The van der Waals surface area contributed by atoms with E-state index in [4.69, 9.17) is 10.7 Å². The van der Waals surface area contributed by atoms with Crippen LogP contribution in [0.1, 0.15) is 5.56 Å². The van der Waals surface area contributed by atoms with E-state index < -0.39 is 31.4 Å². The third-order valence-corrected chi connectivity index (χ3v) is 4.10. The Morgan fingerprint density at radius 1 is 1.35 bits per heavy atom. The van der Waals surface area contributed by atoms with Gasteiger partial charge in [0.2, 0.25) is 0 Å². The van der Waals surface area contributed by atoms with E-state index >= 15 is 0 Å². The van der Waals surface area contributed by atoms with Crippen molar-refractivity contribution in [2.75, 3.05) is 7.11 Å². The first kappa shape index (κ1) is 14.6. The van der Waals surface area contributed by atoms with Crippen LogP contribution in [-0.4, -0.2) is 15.5 Å². The summed E-state index contributed by atoms with van der Waals surface area (Å²) in [5, 5.41) is 0. The maximum absolute atomic E-state index is 12.6. The Hall–Kier alpha value is -0.470. The molecule has 0 saturated carbocycles. The number of rotatable bonds is 2. The predicted octanol–water partition coefficient (Wildman–Crippen LogP) is 3.40. The first-order chi connectivity index (χ1) is 7.57. The van der Waals surface area contributed by atoms with Gasteiger partial charge in [0.1, 0.15) is 10.6 Å². The molecule has 1 aromatic rings. The van der Waals surface area contributed by atoms with Crippen LogP contribution in [0.4, 0.5) is 13.2 Å². The molecule has 3 nitrogen and oxygen atoms in total. The molecule has 17 heavy (non-hydrogen) atoms. The summed E-state index contributed by atoms with van der Waals surface area (Å²) in [6.07, 6.45) is -4.65. The molecule has 0 spiro atoms. The lowest BCUT2D eigenvalue weighted by atomic mass is 10.2. The summed E-state index contributed by atoms with van der Waals surface area (Å²) in [6, 6.07) is 1.32. The minimum atomic E-state index is -4.65. The van der Waals surface area contributed by atoms with Gasteiger partial charge in [-0.05, 0) is 22.0 Å². The predicted molar refractivity (Wildman–Crippen MR) is 58.7 cm³/mol. The van der Waals surface area contributed by atoms with Gasteiger partial charge in [-0.1, -0.05) is 0 Å². The van der Waals surface area contributed by atoms with E-state index in [2.05, 4.69) is 20.7 Å². The van der Waals surface area contributed by atoms with Crippen molar-refractivity contribution in [3.05, 3.63) is 22.2 Å². The SMILES string of the molecule is COc1cc(S(=O)(=O)Cl)c(Br)cc1C(F)(F)F. The Morgan fingerprint density at radius 2 is 1.88 bits per heavy atom. The molecule has 9 heteroatoms. The molecule has 96 valence electrons. The molecule has 0 bridgehead atoms. The lowest BCUT2D eigenvalue weighted by molar-refractivity contribution is -0.138. The van der Waals surface area contributed by atoms with Crippen LogP contribution in [0.5, 0.6) is 5.75 Å². The van der Waals surface area contributed by atoms with E-state index in [1.54, 1.807) is 0 Å². The van der Waals surface area contributed by atoms with Gasteiger partial charge in [-0.15, -0.1) is 0 Å². The first-order valence-corrected chi connectivity index (χ1v) is 7.07. The molecule has 0 aliphatic carbocycles. The highest BCUT2D eigenvalue weighted by Gasteiger charge is 2.36. The first-order valence-electron chi connectivity index (χ1n) is 3.96. The quantitative estimate of drug-likeness (QED) is 0.765. The van der Waals surface area contributed by atoms with Gasteiger partial charge < -0.3 is 4.74 Å². The third-order valence-electron chi connectivity index (χ3n) is 1.82. The monoisotopic (exact) mass is 352 g/mol. The molecule has 0 saturated heterocycles. The Kier molecular flexibility index (Phi) is 4.00. The number of halogens is 5. The molecular weight excluding hydrogens is 349 g/mol. The number of hydrogen-bond acceptors (Lipinski definition) is 3. The van der Waals surface area contributed by atoms with E-state index in [-0.39, 0.29) is 4.47 Å². The van der Waals surface area contributed by atoms with Crippen molar-refractivity contribution in [3.8, 4) is 5.75 Å². The summed E-state index contributed by atoms with van der Waals surface area (Å²) in [5.41, 5.74) is -1.09. The molecule has 0 N–H and O–H groups in total. The second kappa shape index (κ2) is 4.66. The maximum Gasteiger partial charge on any atom is 0.420 e. The number of hydrogen-bond donors (Lipinski definition) is 0. The van der Waals surface area contributed by atoms with Crippen LogP contribution in [0.15, 0.2) is 21.5 Å². The molecule has 0 heterocycles. The fourth-order valence-electron chi connectivity index (χ4n) is 1.11. The molecule has 0 atom stereocenters. The summed E-state index contributed by atoms with van der Waals surface area (Å²) < 4.78 is 64.1. The molecule has 1 aromatic carbocycles. The van der Waals surface area contributed by atoms with Crippen molar-refractivity contribution in [2.45, 2.75) is 11.1 Å². The summed E-state index contributed by atoms with van der Waals surface area (Å²) in [6.45, 7) is 0. The molecule has 0 aliphatic rings. The molecular formula is C8H5BrClF3O3S. The Balaban J connectivity index is 3.57. The minimum absolute atomic E-state index is 0.277. The fourth-order valence-corrected chi connectivity index (χ4v) is 3.30. The summed E-state index contributed by atoms with van der Waals surface area (Å²) >= 11 is 2.72. The Morgan fingerprint density at radius 3 is 2.24 bits per heavy atom. The molecule has 0 unspecified atom stereocenters. The summed E-state index contributed by atoms with van der Waals surface area (Å²) in [7, 11) is 1.92. The van der Waals surface area contributed by atoms with Crippen molar-refractivity contribution in [1.29, 1.82) is 0 Å². The van der Waals surface area contributed by atoms with E-state index in [0.29, 0.717) is 6.07 Å². The lowest BCUT2D eigenvalue weighted by Gasteiger charge is -2.13. The molecule has 1 rings (SSSR count). The van der Waals surface area contributed by atoms with Crippen LogP contribution in [0.3, 0.4) is 0 Å². The highest BCUT2D eigenvalue weighted by Crippen LogP contribution is 2.40. The third kappa shape index (κ3) is 3.26. The molecule has 0 amide bonds. The fraction of sp³-hybridized carbons (Fsp3) is 0.250. The zero-order chi connectivity index (χ0) is 13.4. The molecule has 0 aliphatic heterocycles. The van der Waals surface area contributed by atoms with E-state index in [1.165, 1.54) is 0 Å². The Bertz CT molecular complexity index is 542. The highest BCUT2D eigenvalue weighted by atomic mass is 79.9. The second-order valence-corrected chi connectivity index (χ2v) is 6.31. The second-order valence-electron chi connectivity index (χ2n) is 2.92. The van der Waals surface area contributed by atoms with Crippen molar-refractivity contribution in [2.24, 2.45) is 0 Å². The normalized spacial score (nSPS) is 12.6. The average molecular weight is 354 g/mol. The van der Waals surface area contributed by atoms with Crippen LogP contribution < -0.4 is 4.74 Å². The summed E-state index contributed by atoms with van der Waals surface area (Å²) in [4.78, 5) is -0.482. The molecule has 0 radical (unpaired) electrons. The lowest BCUT2D eigenvalue weighted by Crippen LogP contribution is -2.09. The van der Waals surface area contributed by atoms with Gasteiger partial charge in [-0.25, -0.2) is 8.42 Å². The van der Waals surface area contributed by atoms with E-state index in [1.807, 2.05) is 0 Å². The van der Waals surface area contributed by atoms with Gasteiger partial charge in [-0.2, -0.15) is 13.2 Å². The van der Waals surface area contributed by atoms with Crippen molar-refractivity contribution >= 4 is 35.7 Å².